The number of phenolic OH excluding ortho intramolecular Hbond substituents is 1. The number of benzene rings is 1. The summed E-state index contributed by atoms with van der Waals surface area (Å²) in [4.78, 5) is 0. The Labute approximate surface area is 120 Å². The first-order valence-electron chi connectivity index (χ1n) is 7.84. The lowest BCUT2D eigenvalue weighted by molar-refractivity contribution is -0.0509. The molecule has 0 aromatic heterocycles. The molecule has 3 heteroatoms. The van der Waals surface area contributed by atoms with Crippen molar-refractivity contribution in [3.8, 4) is 5.75 Å². The SMILES string of the molecule is Oc1ccccc1C1CCC(CCC2OCCO2)CC1. The maximum atomic E-state index is 9.94. The Bertz CT molecular complexity index is 418. The molecule has 1 N–H and O–H groups in total. The maximum absolute atomic E-state index is 9.94. The van der Waals surface area contributed by atoms with Gasteiger partial charge in [-0.1, -0.05) is 18.2 Å². The minimum Gasteiger partial charge on any atom is -0.508 e. The first-order chi connectivity index (χ1) is 9.83. The van der Waals surface area contributed by atoms with E-state index in [4.69, 9.17) is 9.47 Å². The molecule has 1 heterocycles. The predicted molar refractivity (Wildman–Crippen MR) is 77.7 cm³/mol. The smallest absolute Gasteiger partial charge is 0.157 e. The highest BCUT2D eigenvalue weighted by molar-refractivity contribution is 5.35. The molecule has 1 aliphatic carbocycles. The van der Waals surface area contributed by atoms with Crippen molar-refractivity contribution in [2.75, 3.05) is 13.2 Å². The van der Waals surface area contributed by atoms with Crippen molar-refractivity contribution in [2.45, 2.75) is 50.7 Å². The van der Waals surface area contributed by atoms with E-state index in [0.717, 1.165) is 31.1 Å². The molecule has 0 amide bonds. The Kier molecular flexibility index (Phi) is 4.58. The van der Waals surface area contributed by atoms with Gasteiger partial charge in [0.25, 0.3) is 0 Å². The van der Waals surface area contributed by atoms with Crippen LogP contribution >= 0.6 is 0 Å². The van der Waals surface area contributed by atoms with E-state index in [2.05, 4.69) is 6.07 Å². The predicted octanol–water partition coefficient (Wildman–Crippen LogP) is 3.82. The van der Waals surface area contributed by atoms with Crippen molar-refractivity contribution in [3.05, 3.63) is 29.8 Å². The van der Waals surface area contributed by atoms with Crippen molar-refractivity contribution in [3.63, 3.8) is 0 Å². The Morgan fingerprint density at radius 2 is 1.65 bits per heavy atom. The number of hydrogen-bond acceptors (Lipinski definition) is 3. The number of rotatable bonds is 4. The fourth-order valence-corrected chi connectivity index (χ4v) is 3.54. The molecule has 0 atom stereocenters. The second-order valence-electron chi connectivity index (χ2n) is 6.02. The molecule has 1 aromatic rings. The van der Waals surface area contributed by atoms with E-state index < -0.39 is 0 Å². The molecular weight excluding hydrogens is 252 g/mol. The van der Waals surface area contributed by atoms with Crippen LogP contribution in [0.15, 0.2) is 24.3 Å². The molecule has 1 aliphatic heterocycles. The molecular formula is C17H24O3. The Balaban J connectivity index is 1.46. The van der Waals surface area contributed by atoms with Crippen molar-refractivity contribution < 1.29 is 14.6 Å². The third kappa shape index (κ3) is 3.33. The minimum atomic E-state index is 0.0471. The van der Waals surface area contributed by atoms with Crippen molar-refractivity contribution in [1.82, 2.24) is 0 Å². The molecule has 0 unspecified atom stereocenters. The van der Waals surface area contributed by atoms with Gasteiger partial charge in [-0.05, 0) is 62.0 Å². The average molecular weight is 276 g/mol. The molecule has 1 aromatic carbocycles. The molecule has 3 rings (SSSR count). The van der Waals surface area contributed by atoms with Gasteiger partial charge in [-0.2, -0.15) is 0 Å². The molecule has 20 heavy (non-hydrogen) atoms. The van der Waals surface area contributed by atoms with Gasteiger partial charge in [-0.15, -0.1) is 0 Å². The second-order valence-corrected chi connectivity index (χ2v) is 6.02. The summed E-state index contributed by atoms with van der Waals surface area (Å²) in [7, 11) is 0. The summed E-state index contributed by atoms with van der Waals surface area (Å²) in [5.41, 5.74) is 1.13. The average Bonchev–Trinajstić information content (AvgIpc) is 3.00. The van der Waals surface area contributed by atoms with Crippen molar-refractivity contribution >= 4 is 0 Å². The highest BCUT2D eigenvalue weighted by Gasteiger charge is 2.25. The zero-order valence-electron chi connectivity index (χ0n) is 12.0. The van der Waals surface area contributed by atoms with Gasteiger partial charge in [0.2, 0.25) is 0 Å². The second kappa shape index (κ2) is 6.59. The molecule has 1 saturated heterocycles. The quantitative estimate of drug-likeness (QED) is 0.908. The van der Waals surface area contributed by atoms with E-state index in [1.165, 1.54) is 32.1 Å². The normalized spacial score (nSPS) is 27.8. The molecule has 2 fully saturated rings. The summed E-state index contributed by atoms with van der Waals surface area (Å²) in [5, 5.41) is 9.94. The molecule has 110 valence electrons. The Hall–Kier alpha value is -1.06. The lowest BCUT2D eigenvalue weighted by Crippen LogP contribution is -2.16. The first kappa shape index (κ1) is 13.9. The number of ether oxygens (including phenoxy) is 2. The van der Waals surface area contributed by atoms with Crippen LogP contribution in [0.5, 0.6) is 5.75 Å². The summed E-state index contributed by atoms with van der Waals surface area (Å²) >= 11 is 0. The van der Waals surface area contributed by atoms with Crippen molar-refractivity contribution in [1.29, 1.82) is 0 Å². The van der Waals surface area contributed by atoms with Crippen LogP contribution in [-0.4, -0.2) is 24.6 Å². The number of para-hydroxylation sites is 1. The Morgan fingerprint density at radius 1 is 0.950 bits per heavy atom. The number of hydrogen-bond donors (Lipinski definition) is 1. The van der Waals surface area contributed by atoms with Gasteiger partial charge in [-0.25, -0.2) is 0 Å². The summed E-state index contributed by atoms with van der Waals surface area (Å²) in [5.74, 6) is 1.79. The van der Waals surface area contributed by atoms with Crippen LogP contribution in [-0.2, 0) is 9.47 Å². The fourth-order valence-electron chi connectivity index (χ4n) is 3.54. The van der Waals surface area contributed by atoms with E-state index in [1.54, 1.807) is 6.07 Å². The van der Waals surface area contributed by atoms with Crippen LogP contribution in [0.3, 0.4) is 0 Å². The van der Waals surface area contributed by atoms with E-state index >= 15 is 0 Å². The molecule has 0 bridgehead atoms. The summed E-state index contributed by atoms with van der Waals surface area (Å²) < 4.78 is 11.0. The number of phenols is 1. The Morgan fingerprint density at radius 3 is 2.35 bits per heavy atom. The van der Waals surface area contributed by atoms with Crippen LogP contribution in [0.2, 0.25) is 0 Å². The number of aromatic hydroxyl groups is 1. The third-order valence-corrected chi connectivity index (χ3v) is 4.72. The van der Waals surface area contributed by atoms with Gasteiger partial charge in [-0.3, -0.25) is 0 Å². The highest BCUT2D eigenvalue weighted by atomic mass is 16.7. The molecule has 2 aliphatic rings. The van der Waals surface area contributed by atoms with E-state index in [-0.39, 0.29) is 6.29 Å². The lowest BCUT2D eigenvalue weighted by atomic mass is 9.77. The highest BCUT2D eigenvalue weighted by Crippen LogP contribution is 2.40. The standard InChI is InChI=1S/C17H24O3/c18-16-4-2-1-3-15(16)14-8-5-13(6-9-14)7-10-17-19-11-12-20-17/h1-4,13-14,17-18H,5-12H2. The van der Waals surface area contributed by atoms with Gasteiger partial charge in [0.1, 0.15) is 5.75 Å². The molecule has 1 saturated carbocycles. The van der Waals surface area contributed by atoms with Crippen molar-refractivity contribution in [2.24, 2.45) is 5.92 Å². The van der Waals surface area contributed by atoms with Crippen LogP contribution in [0.1, 0.15) is 50.0 Å². The summed E-state index contributed by atoms with van der Waals surface area (Å²) in [6.07, 6.45) is 7.18. The van der Waals surface area contributed by atoms with E-state index in [9.17, 15) is 5.11 Å². The topological polar surface area (TPSA) is 38.7 Å². The van der Waals surface area contributed by atoms with Gasteiger partial charge in [0.15, 0.2) is 6.29 Å². The van der Waals surface area contributed by atoms with Gasteiger partial charge >= 0.3 is 0 Å². The van der Waals surface area contributed by atoms with Gasteiger partial charge in [0.05, 0.1) is 13.2 Å². The summed E-state index contributed by atoms with van der Waals surface area (Å²) in [6, 6.07) is 7.79. The van der Waals surface area contributed by atoms with Crippen LogP contribution in [0, 0.1) is 5.92 Å². The first-order valence-corrected chi connectivity index (χ1v) is 7.84. The minimum absolute atomic E-state index is 0.0471. The van der Waals surface area contributed by atoms with Crippen LogP contribution in [0.4, 0.5) is 0 Å². The largest absolute Gasteiger partial charge is 0.508 e. The fraction of sp³-hybridized carbons (Fsp3) is 0.647. The zero-order valence-corrected chi connectivity index (χ0v) is 12.0. The lowest BCUT2D eigenvalue weighted by Gasteiger charge is -2.29. The van der Waals surface area contributed by atoms with Crippen LogP contribution in [0.25, 0.3) is 0 Å². The monoisotopic (exact) mass is 276 g/mol. The molecule has 0 radical (unpaired) electrons. The molecule has 0 spiro atoms. The molecule has 3 nitrogen and oxygen atoms in total. The van der Waals surface area contributed by atoms with Gasteiger partial charge in [0, 0.05) is 0 Å². The van der Waals surface area contributed by atoms with Gasteiger partial charge < -0.3 is 14.6 Å². The summed E-state index contributed by atoms with van der Waals surface area (Å²) in [6.45, 7) is 1.51. The van der Waals surface area contributed by atoms with Crippen LogP contribution < -0.4 is 0 Å². The zero-order chi connectivity index (χ0) is 13.8. The van der Waals surface area contributed by atoms with E-state index in [1.807, 2.05) is 12.1 Å². The third-order valence-electron chi connectivity index (χ3n) is 4.72. The maximum Gasteiger partial charge on any atom is 0.157 e. The van der Waals surface area contributed by atoms with E-state index in [0.29, 0.717) is 11.7 Å².